The highest BCUT2D eigenvalue weighted by atomic mass is 32.2. The zero-order chi connectivity index (χ0) is 21.8. The van der Waals surface area contributed by atoms with Gasteiger partial charge in [0.05, 0.1) is 0 Å². The van der Waals surface area contributed by atoms with Gasteiger partial charge in [0, 0.05) is 6.42 Å². The summed E-state index contributed by atoms with van der Waals surface area (Å²) in [6.45, 7) is 4.36. The Hall–Kier alpha value is -2.84. The minimum absolute atomic E-state index is 0.287. The molecule has 8 heteroatoms. The minimum Gasteiger partial charge on any atom is -0.491 e. The van der Waals surface area contributed by atoms with Gasteiger partial charge >= 0.3 is 5.69 Å². The molecule has 162 valence electrons. The third-order valence-corrected chi connectivity index (χ3v) is 5.68. The van der Waals surface area contributed by atoms with Crippen LogP contribution in [0.3, 0.4) is 0 Å². The van der Waals surface area contributed by atoms with E-state index in [0.29, 0.717) is 18.2 Å². The Morgan fingerprint density at radius 1 is 1.06 bits per heavy atom. The Kier molecular flexibility index (Phi) is 6.58. The van der Waals surface area contributed by atoms with E-state index in [9.17, 15) is 4.79 Å². The van der Waals surface area contributed by atoms with Gasteiger partial charge in [-0.1, -0.05) is 47.2 Å². The monoisotopic (exact) mass is 439 g/mol. The number of aromatic nitrogens is 3. The van der Waals surface area contributed by atoms with Crippen molar-refractivity contribution in [2.24, 2.45) is 0 Å². The van der Waals surface area contributed by atoms with Gasteiger partial charge in [0.15, 0.2) is 5.16 Å². The zero-order valence-electron chi connectivity index (χ0n) is 17.7. The first kappa shape index (κ1) is 21.4. The van der Waals surface area contributed by atoms with E-state index < -0.39 is 11.9 Å². The van der Waals surface area contributed by atoms with Crippen LogP contribution < -0.4 is 15.2 Å². The Bertz CT molecular complexity index is 1070. The largest absolute Gasteiger partial charge is 0.491 e. The Labute approximate surface area is 185 Å². The molecule has 0 aliphatic carbocycles. The lowest BCUT2D eigenvalue weighted by molar-refractivity contribution is -0.0377. The third-order valence-electron chi connectivity index (χ3n) is 5.12. The summed E-state index contributed by atoms with van der Waals surface area (Å²) in [7, 11) is 0. The number of aryl methyl sites for hydroxylation is 2. The summed E-state index contributed by atoms with van der Waals surface area (Å²) in [6, 6.07) is 15.7. The second kappa shape index (κ2) is 9.53. The molecule has 31 heavy (non-hydrogen) atoms. The van der Waals surface area contributed by atoms with Gasteiger partial charge in [0.1, 0.15) is 42.9 Å². The quantitative estimate of drug-likeness (QED) is 0.519. The van der Waals surface area contributed by atoms with Gasteiger partial charge in [-0.15, -0.1) is 0 Å². The fourth-order valence-electron chi connectivity index (χ4n) is 3.37. The summed E-state index contributed by atoms with van der Waals surface area (Å²) in [6.07, 6.45) is 2.63. The Balaban J connectivity index is 1.52. The molecule has 0 radical (unpaired) electrons. The number of nitrogens with zero attached hydrogens (tertiary/aromatic N) is 3. The minimum atomic E-state index is -0.523. The molecule has 0 N–H and O–H groups in total. The van der Waals surface area contributed by atoms with E-state index in [4.69, 9.17) is 14.2 Å². The van der Waals surface area contributed by atoms with Crippen LogP contribution in [0, 0.1) is 13.8 Å². The third kappa shape index (κ3) is 5.26. The second-order valence-electron chi connectivity index (χ2n) is 7.49. The topological polar surface area (TPSA) is 75.5 Å². The highest BCUT2D eigenvalue weighted by Gasteiger charge is 2.39. The van der Waals surface area contributed by atoms with Gasteiger partial charge in [-0.25, -0.2) is 9.78 Å². The molecule has 3 aromatic rings. The predicted octanol–water partition coefficient (Wildman–Crippen LogP) is 3.79. The van der Waals surface area contributed by atoms with Gasteiger partial charge in [-0.2, -0.15) is 4.98 Å². The van der Waals surface area contributed by atoms with Gasteiger partial charge in [0.25, 0.3) is 0 Å². The van der Waals surface area contributed by atoms with Gasteiger partial charge < -0.3 is 14.2 Å². The summed E-state index contributed by atoms with van der Waals surface area (Å²) in [5, 5.41) is 0.436. The van der Waals surface area contributed by atoms with E-state index in [1.807, 2.05) is 68.6 Å². The molecule has 2 aromatic carbocycles. The van der Waals surface area contributed by atoms with E-state index >= 15 is 0 Å². The number of benzene rings is 2. The normalized spacial score (nSPS) is 20.5. The molecular weight excluding hydrogens is 414 g/mol. The van der Waals surface area contributed by atoms with Crippen LogP contribution in [0.25, 0.3) is 0 Å². The van der Waals surface area contributed by atoms with Crippen molar-refractivity contribution in [2.45, 2.75) is 43.9 Å². The lowest BCUT2D eigenvalue weighted by atomic mass is 10.1. The summed E-state index contributed by atoms with van der Waals surface area (Å²) in [5.41, 5.74) is 1.93. The summed E-state index contributed by atoms with van der Waals surface area (Å²) in [5.74, 6) is 1.51. The van der Waals surface area contributed by atoms with Crippen LogP contribution in [0.4, 0.5) is 0 Å². The fourth-order valence-corrected chi connectivity index (χ4v) is 3.70. The van der Waals surface area contributed by atoms with Crippen molar-refractivity contribution in [3.63, 3.8) is 0 Å². The van der Waals surface area contributed by atoms with Crippen molar-refractivity contribution in [1.29, 1.82) is 0 Å². The molecular formula is C23H25N3O4S. The van der Waals surface area contributed by atoms with Crippen molar-refractivity contribution >= 4 is 11.8 Å². The maximum Gasteiger partial charge on any atom is 0.353 e. The fraction of sp³-hybridized carbons (Fsp3) is 0.348. The van der Waals surface area contributed by atoms with E-state index in [-0.39, 0.29) is 12.2 Å². The van der Waals surface area contributed by atoms with Gasteiger partial charge in [-0.05, 0) is 44.4 Å². The predicted molar refractivity (Wildman–Crippen MR) is 119 cm³/mol. The SMILES string of the molecule is CSc1ncn([C@H]2C[C@H](Oc3ccc(C)cc3)[C@@H](COc3ccc(C)cc3)O2)c(=O)n1. The maximum absolute atomic E-state index is 12.5. The molecule has 0 spiro atoms. The molecule has 0 amide bonds. The van der Waals surface area contributed by atoms with E-state index in [0.717, 1.165) is 22.6 Å². The molecule has 0 bridgehead atoms. The lowest BCUT2D eigenvalue weighted by Gasteiger charge is -2.20. The molecule has 0 unspecified atom stereocenters. The molecule has 1 aliphatic heterocycles. The smallest absolute Gasteiger partial charge is 0.353 e. The van der Waals surface area contributed by atoms with Gasteiger partial charge in [0.2, 0.25) is 0 Å². The van der Waals surface area contributed by atoms with Crippen LogP contribution in [-0.2, 0) is 4.74 Å². The molecule has 2 heterocycles. The van der Waals surface area contributed by atoms with Crippen LogP contribution >= 0.6 is 11.8 Å². The Morgan fingerprint density at radius 3 is 2.32 bits per heavy atom. The lowest BCUT2D eigenvalue weighted by Crippen LogP contribution is -2.32. The first-order valence-electron chi connectivity index (χ1n) is 10.1. The number of rotatable bonds is 7. The summed E-state index contributed by atoms with van der Waals surface area (Å²) < 4.78 is 19.8. The van der Waals surface area contributed by atoms with Crippen LogP contribution in [0.2, 0.25) is 0 Å². The zero-order valence-corrected chi connectivity index (χ0v) is 18.5. The van der Waals surface area contributed by atoms with Crippen LogP contribution in [0.15, 0.2) is 64.8 Å². The van der Waals surface area contributed by atoms with Crippen LogP contribution in [0.5, 0.6) is 11.5 Å². The highest BCUT2D eigenvalue weighted by Crippen LogP contribution is 2.31. The van der Waals surface area contributed by atoms with Crippen molar-refractivity contribution in [1.82, 2.24) is 14.5 Å². The van der Waals surface area contributed by atoms with Crippen LogP contribution in [-0.4, -0.2) is 39.6 Å². The standard InChI is InChI=1S/C23H25N3O4S/c1-15-4-8-17(9-5-15)28-13-20-19(29-18-10-6-16(2)7-11-18)12-21(30-20)26-14-24-22(31-3)25-23(26)27/h4-11,14,19-21H,12-13H2,1-3H3/t19-,20+,21+/m0/s1. The molecule has 7 nitrogen and oxygen atoms in total. The number of hydrogen-bond donors (Lipinski definition) is 0. The van der Waals surface area contributed by atoms with E-state index in [1.165, 1.54) is 22.7 Å². The molecule has 4 rings (SSSR count). The molecule has 1 aromatic heterocycles. The van der Waals surface area contributed by atoms with Crippen LogP contribution in [0.1, 0.15) is 23.8 Å². The van der Waals surface area contributed by atoms with E-state index in [1.54, 1.807) is 0 Å². The van der Waals surface area contributed by atoms with Crippen molar-refractivity contribution in [3.05, 3.63) is 76.5 Å². The molecule has 3 atom stereocenters. The average molecular weight is 440 g/mol. The van der Waals surface area contributed by atoms with Crippen molar-refractivity contribution in [2.75, 3.05) is 12.9 Å². The summed E-state index contributed by atoms with van der Waals surface area (Å²) >= 11 is 1.32. The number of thioether (sulfide) groups is 1. The maximum atomic E-state index is 12.5. The number of hydrogen-bond acceptors (Lipinski definition) is 7. The summed E-state index contributed by atoms with van der Waals surface area (Å²) in [4.78, 5) is 20.7. The second-order valence-corrected chi connectivity index (χ2v) is 8.26. The van der Waals surface area contributed by atoms with Crippen molar-refractivity contribution in [3.8, 4) is 11.5 Å². The highest BCUT2D eigenvalue weighted by molar-refractivity contribution is 7.98. The van der Waals surface area contributed by atoms with Gasteiger partial charge in [-0.3, -0.25) is 4.57 Å². The molecule has 1 saturated heterocycles. The van der Waals surface area contributed by atoms with Crippen molar-refractivity contribution < 1.29 is 14.2 Å². The first-order valence-corrected chi connectivity index (χ1v) is 11.3. The molecule has 1 aliphatic rings. The molecule has 1 fully saturated rings. The van der Waals surface area contributed by atoms with E-state index in [2.05, 4.69) is 9.97 Å². The number of ether oxygens (including phenoxy) is 3. The average Bonchev–Trinajstić information content (AvgIpc) is 3.17. The first-order chi connectivity index (χ1) is 15.0. The molecule has 0 saturated carbocycles. The Morgan fingerprint density at radius 2 is 1.71 bits per heavy atom.